The van der Waals surface area contributed by atoms with E-state index in [1.54, 1.807) is 17.7 Å². The molecule has 1 fully saturated rings. The molecule has 1 unspecified atom stereocenters. The van der Waals surface area contributed by atoms with Gasteiger partial charge in [-0.05, 0) is 85.9 Å². The number of carbonyl (C=O) groups excluding carboxylic acids is 3. The average Bonchev–Trinajstić information content (AvgIpc) is 3.78. The largest absolute Gasteiger partial charge is 0.477 e. The van der Waals surface area contributed by atoms with Crippen molar-refractivity contribution in [2.24, 2.45) is 24.3 Å². The molecule has 248 valence electrons. The Morgan fingerprint density at radius 2 is 1.91 bits per heavy atom. The highest BCUT2D eigenvalue weighted by Gasteiger charge is 2.27. The number of aryl methyl sites for hydroxylation is 2. The number of allylic oxidation sites excluding steroid dienone is 1. The van der Waals surface area contributed by atoms with Crippen LogP contribution in [0, 0.1) is 17.3 Å². The number of hydrogen-bond acceptors (Lipinski definition) is 6. The summed E-state index contributed by atoms with van der Waals surface area (Å²) in [5.74, 6) is -1.24. The van der Waals surface area contributed by atoms with Crippen LogP contribution < -0.4 is 15.4 Å². The van der Waals surface area contributed by atoms with Crippen molar-refractivity contribution in [2.45, 2.75) is 83.8 Å². The van der Waals surface area contributed by atoms with E-state index in [1.165, 1.54) is 11.9 Å². The Bertz CT molecular complexity index is 1340. The number of amides is 3. The van der Waals surface area contributed by atoms with Crippen molar-refractivity contribution in [3.63, 3.8) is 0 Å². The van der Waals surface area contributed by atoms with Gasteiger partial charge in [0.25, 0.3) is 0 Å². The molecule has 0 bridgehead atoms. The topological polar surface area (TPSA) is 139 Å². The van der Waals surface area contributed by atoms with Crippen LogP contribution in [-0.2, 0) is 27.8 Å². The highest BCUT2D eigenvalue weighted by atomic mass is 32.2. The second-order valence-corrected chi connectivity index (χ2v) is 14.0. The first-order valence-corrected chi connectivity index (χ1v) is 16.9. The minimum Gasteiger partial charge on any atom is -0.477 e. The molecule has 1 aliphatic carbocycles. The first kappa shape index (κ1) is 36.0. The highest BCUT2D eigenvalue weighted by Crippen LogP contribution is 2.33. The maximum Gasteiger partial charge on any atom is 0.407 e. The van der Waals surface area contributed by atoms with Crippen molar-refractivity contribution in [1.29, 1.82) is 0 Å². The summed E-state index contributed by atoms with van der Waals surface area (Å²) >= 11 is 1.52. The van der Waals surface area contributed by atoms with Gasteiger partial charge < -0.3 is 25.0 Å². The van der Waals surface area contributed by atoms with Crippen molar-refractivity contribution < 1.29 is 29.0 Å². The number of hydrogen-bond donors (Lipinski definition) is 4. The number of aromatic nitrogens is 1. The number of carboxylic acids is 1. The van der Waals surface area contributed by atoms with Crippen LogP contribution in [0.2, 0.25) is 0 Å². The van der Waals surface area contributed by atoms with Gasteiger partial charge in [-0.15, -0.1) is 6.58 Å². The number of carboxylic acid groups (broad SMARTS) is 1. The van der Waals surface area contributed by atoms with E-state index in [2.05, 4.69) is 21.9 Å². The summed E-state index contributed by atoms with van der Waals surface area (Å²) in [4.78, 5) is 48.5. The second kappa shape index (κ2) is 17.3. The lowest BCUT2D eigenvalue weighted by molar-refractivity contribution is -0.124. The van der Waals surface area contributed by atoms with Crippen molar-refractivity contribution in [2.75, 3.05) is 19.7 Å². The summed E-state index contributed by atoms with van der Waals surface area (Å²) in [6, 6.07) is 7.67. The average molecular weight is 643 g/mol. The lowest BCUT2D eigenvalue weighted by Crippen LogP contribution is -2.38. The molecule has 3 rings (SSSR count). The molecule has 2 atom stereocenters. The number of fused-ring (bicyclic) bond motifs is 1. The van der Waals surface area contributed by atoms with Gasteiger partial charge in [0, 0.05) is 35.7 Å². The van der Waals surface area contributed by atoms with Crippen LogP contribution in [0.1, 0.15) is 88.2 Å². The van der Waals surface area contributed by atoms with Crippen LogP contribution in [0.3, 0.4) is 0 Å². The Labute approximate surface area is 271 Å². The maximum atomic E-state index is 12.6. The monoisotopic (exact) mass is 642 g/mol. The summed E-state index contributed by atoms with van der Waals surface area (Å²) in [6.07, 6.45) is 9.28. The lowest BCUT2D eigenvalue weighted by atomic mass is 9.87. The van der Waals surface area contributed by atoms with E-state index < -0.39 is 12.1 Å². The van der Waals surface area contributed by atoms with Gasteiger partial charge in [-0.2, -0.15) is 0 Å². The zero-order valence-electron chi connectivity index (χ0n) is 27.2. The molecule has 3 amide bonds. The second-order valence-electron chi connectivity index (χ2n) is 12.9. The van der Waals surface area contributed by atoms with Gasteiger partial charge in [0.2, 0.25) is 11.8 Å². The number of aromatic carboxylic acids is 1. The number of ether oxygens (including phenoxy) is 1. The molecule has 1 aromatic heterocycles. The van der Waals surface area contributed by atoms with E-state index in [4.69, 9.17) is 4.74 Å². The van der Waals surface area contributed by atoms with E-state index in [9.17, 15) is 24.3 Å². The van der Waals surface area contributed by atoms with Crippen molar-refractivity contribution in [1.82, 2.24) is 19.9 Å². The fourth-order valence-electron chi connectivity index (χ4n) is 5.28. The fourth-order valence-corrected chi connectivity index (χ4v) is 6.09. The molecular weight excluding hydrogens is 592 g/mol. The van der Waals surface area contributed by atoms with Gasteiger partial charge >= 0.3 is 12.1 Å². The Hall–Kier alpha value is -3.47. The molecule has 11 heteroatoms. The van der Waals surface area contributed by atoms with E-state index >= 15 is 0 Å². The molecular formula is C34H50N4O6S. The molecule has 0 radical (unpaired) electrons. The normalized spacial score (nSPS) is 14.4. The molecule has 45 heavy (non-hydrogen) atoms. The van der Waals surface area contributed by atoms with E-state index in [-0.39, 0.29) is 47.9 Å². The van der Waals surface area contributed by atoms with Crippen molar-refractivity contribution >= 4 is 46.7 Å². The van der Waals surface area contributed by atoms with E-state index in [1.807, 2.05) is 45.0 Å². The summed E-state index contributed by atoms with van der Waals surface area (Å²) in [5, 5.41) is 16.3. The predicted octanol–water partition coefficient (Wildman–Crippen LogP) is 5.99. The van der Waals surface area contributed by atoms with Gasteiger partial charge in [0.05, 0.1) is 13.2 Å². The summed E-state index contributed by atoms with van der Waals surface area (Å²) < 4.78 is 10.1. The van der Waals surface area contributed by atoms with Crippen LogP contribution in [0.5, 0.6) is 0 Å². The molecule has 0 saturated heterocycles. The van der Waals surface area contributed by atoms with E-state index in [0.29, 0.717) is 11.8 Å². The minimum atomic E-state index is -0.939. The molecule has 0 aliphatic heterocycles. The van der Waals surface area contributed by atoms with Gasteiger partial charge in [-0.1, -0.05) is 51.8 Å². The number of nitrogens with one attached hydrogen (secondary N) is 3. The third kappa shape index (κ3) is 11.8. The Morgan fingerprint density at radius 1 is 1.16 bits per heavy atom. The third-order valence-electron chi connectivity index (χ3n) is 8.39. The van der Waals surface area contributed by atoms with Crippen molar-refractivity contribution in [3.8, 4) is 0 Å². The molecule has 0 spiro atoms. The fraction of sp³-hybridized carbons (Fsp3) is 0.588. The van der Waals surface area contributed by atoms with Gasteiger partial charge in [-0.25, -0.2) is 9.59 Å². The SMILES string of the molecule is C=C[C@H](C)C(CCCCNC(=O)CNC(=O)OCC(C)(C)CCCCc1cccc2c1cc(C(=O)O)n2C)C(=O)NSC1CC1. The van der Waals surface area contributed by atoms with E-state index in [0.717, 1.165) is 74.3 Å². The predicted molar refractivity (Wildman–Crippen MR) is 179 cm³/mol. The molecule has 2 aromatic rings. The summed E-state index contributed by atoms with van der Waals surface area (Å²) in [7, 11) is 1.77. The number of nitrogens with zero attached hydrogens (tertiary/aromatic N) is 1. The zero-order chi connectivity index (χ0) is 33.0. The van der Waals surface area contributed by atoms with Crippen LogP contribution in [-0.4, -0.2) is 58.5 Å². The smallest absolute Gasteiger partial charge is 0.407 e. The highest BCUT2D eigenvalue weighted by molar-refractivity contribution is 7.98. The Kier molecular flexibility index (Phi) is 13.8. The van der Waals surface area contributed by atoms with Gasteiger partial charge in [-0.3, -0.25) is 14.3 Å². The molecule has 1 aliphatic rings. The lowest BCUT2D eigenvalue weighted by Gasteiger charge is -2.24. The maximum absolute atomic E-state index is 12.6. The molecule has 1 saturated carbocycles. The number of rotatable bonds is 20. The van der Waals surface area contributed by atoms with Gasteiger partial charge in [0.15, 0.2) is 0 Å². The molecule has 4 N–H and O–H groups in total. The van der Waals surface area contributed by atoms with Crippen LogP contribution in [0.15, 0.2) is 36.9 Å². The van der Waals surface area contributed by atoms with Crippen LogP contribution >= 0.6 is 11.9 Å². The zero-order valence-corrected chi connectivity index (χ0v) is 28.0. The number of alkyl carbamates (subject to hydrolysis) is 1. The first-order chi connectivity index (χ1) is 21.4. The number of unbranched alkanes of at least 4 members (excludes halogenated alkanes) is 2. The number of carbonyl (C=O) groups is 4. The van der Waals surface area contributed by atoms with Crippen LogP contribution in [0.25, 0.3) is 10.9 Å². The third-order valence-corrected chi connectivity index (χ3v) is 9.51. The van der Waals surface area contributed by atoms with Gasteiger partial charge in [0.1, 0.15) is 5.69 Å². The number of benzene rings is 1. The molecule has 1 aromatic carbocycles. The standard InChI is InChI=1S/C34H50N4O6S/c1-6-23(2)26(31(40)37-45-25-16-17-25)14-8-10-19-35-30(39)21-36-33(43)44-22-34(3,4)18-9-7-12-24-13-11-15-28-27(24)20-29(32(41)42)38(28)5/h6,11,13,15,20,23,25-26H,1,7-10,12,14,16-19,21-22H2,2-5H3,(H,35,39)(H,36,43)(H,37,40)(H,41,42)/t23-,26?/m0/s1. The molecule has 1 heterocycles. The quantitative estimate of drug-likeness (QED) is 0.0790. The first-order valence-electron chi connectivity index (χ1n) is 16.0. The summed E-state index contributed by atoms with van der Waals surface area (Å²) in [6.45, 7) is 10.5. The Balaban J connectivity index is 1.27. The minimum absolute atomic E-state index is 0.0489. The van der Waals surface area contributed by atoms with Crippen molar-refractivity contribution in [3.05, 3.63) is 48.2 Å². The Morgan fingerprint density at radius 3 is 2.60 bits per heavy atom. The molecule has 10 nitrogen and oxygen atoms in total. The summed E-state index contributed by atoms with van der Waals surface area (Å²) in [5.41, 5.74) is 2.07. The van der Waals surface area contributed by atoms with Crippen LogP contribution in [0.4, 0.5) is 4.79 Å².